The van der Waals surface area contributed by atoms with Gasteiger partial charge in [0.25, 0.3) is 0 Å². The van der Waals surface area contributed by atoms with E-state index in [1.165, 1.54) is 358 Å². The molecule has 97 heavy (non-hydrogen) atoms. The first-order chi connectivity index (χ1) is 46.9. The van der Waals surface area contributed by atoms with E-state index in [2.05, 4.69) is 64.1 Å². The van der Waals surface area contributed by atoms with Crippen LogP contribution in [-0.2, 0) is 45.9 Å². The Hall–Kier alpha value is -1.21. The zero-order valence-corrected chi connectivity index (χ0v) is 70.1. The summed E-state index contributed by atoms with van der Waals surface area (Å²) in [6.07, 6.45) is 84.5. The van der Waals surface area contributed by atoms with Crippen molar-refractivity contribution in [2.45, 2.75) is 448 Å². The van der Waals surface area contributed by atoms with Crippen LogP contribution in [0.4, 0.5) is 0 Å². The maximum atomic E-state index is 12.0. The second-order valence-corrected chi connectivity index (χ2v) is 32.7. The third kappa shape index (κ3) is 49.2. The van der Waals surface area contributed by atoms with Crippen LogP contribution in [0.15, 0.2) is 70.5 Å². The molecule has 0 aliphatic heterocycles. The van der Waals surface area contributed by atoms with E-state index < -0.39 is 20.2 Å². The van der Waals surface area contributed by atoms with E-state index in [1.54, 1.807) is 24.3 Å². The largest absolute Gasteiger partial charge is 2.00 e. The van der Waals surface area contributed by atoms with Crippen LogP contribution in [0, 0.1) is 0 Å². The Kier molecular flexibility index (Phi) is 59.9. The predicted octanol–water partition coefficient (Wildman–Crippen LogP) is 28.8. The van der Waals surface area contributed by atoms with Crippen molar-refractivity contribution in [1.82, 2.24) is 0 Å². The minimum Gasteiger partial charge on any atom is -0.744 e. The van der Waals surface area contributed by atoms with Gasteiger partial charge in [-0.25, -0.2) is 16.8 Å². The van der Waals surface area contributed by atoms with E-state index in [1.807, 2.05) is 0 Å². The minimum atomic E-state index is -4.48. The number of hydrogen-bond donors (Lipinski definition) is 0. The standard InChI is InChI=1S/2C44H76O3S.Ba/c2*1-3-5-7-9-11-13-15-17-19-21-23-25-27-29-31-33-40-35-36-44-41(38-43(48(45,46)47)39-42(44)37-40)34-32-30-28-26-24-22-20-18-16-14-12-10-8-6-4-2;/h2*35-39H,3-34H2,1-2H3,(H,45,46,47);/q;;+2/p-2. The first-order valence-electron chi connectivity index (χ1n) is 41.9. The van der Waals surface area contributed by atoms with E-state index in [0.29, 0.717) is 0 Å². The zero-order chi connectivity index (χ0) is 69.1. The summed E-state index contributed by atoms with van der Waals surface area (Å²) in [6, 6.07) is 19.5. The third-order valence-electron chi connectivity index (χ3n) is 21.0. The van der Waals surface area contributed by atoms with Crippen molar-refractivity contribution in [2.24, 2.45) is 0 Å². The second-order valence-electron chi connectivity index (χ2n) is 30.0. The van der Waals surface area contributed by atoms with Gasteiger partial charge < -0.3 is 9.11 Å². The smallest absolute Gasteiger partial charge is 0.744 e. The van der Waals surface area contributed by atoms with Crippen molar-refractivity contribution in [3.8, 4) is 0 Å². The molecule has 0 amide bonds. The topological polar surface area (TPSA) is 114 Å². The average molecular weight is 1510 g/mol. The average Bonchev–Trinajstić information content (AvgIpc) is 0.813. The number of unbranched alkanes of at least 4 members (excludes halogenated alkanes) is 56. The summed E-state index contributed by atoms with van der Waals surface area (Å²) < 4.78 is 72.0. The normalized spacial score (nSPS) is 11.9. The SMILES string of the molecule is CCCCCCCCCCCCCCCCCc1ccc2c(CCCCCCCCCCCCCCCCC)cc(S(=O)(=O)[O-])cc2c1.CCCCCCCCCCCCCCCCCc1ccc2c(CCCCCCCCCCCCCCCCC)cc(S(=O)(=O)[O-])cc2c1.[Ba+2]. The molecule has 0 aliphatic carbocycles. The van der Waals surface area contributed by atoms with Gasteiger partial charge in [-0.2, -0.15) is 0 Å². The molecule has 0 atom stereocenters. The van der Waals surface area contributed by atoms with E-state index in [4.69, 9.17) is 0 Å². The van der Waals surface area contributed by atoms with Crippen LogP contribution < -0.4 is 0 Å². The van der Waals surface area contributed by atoms with Gasteiger partial charge in [0.2, 0.25) is 0 Å². The molecule has 0 unspecified atom stereocenters. The molecular weight excluding hydrogens is 1350 g/mol. The van der Waals surface area contributed by atoms with Crippen molar-refractivity contribution in [1.29, 1.82) is 0 Å². The first kappa shape index (κ1) is 91.9. The Balaban J connectivity index is 0.000000653. The number of hydrogen-bond acceptors (Lipinski definition) is 6. The van der Waals surface area contributed by atoms with Crippen LogP contribution in [0.3, 0.4) is 0 Å². The molecule has 0 bridgehead atoms. The molecule has 0 N–H and O–H groups in total. The van der Waals surface area contributed by atoms with Crippen molar-refractivity contribution in [3.63, 3.8) is 0 Å². The van der Waals surface area contributed by atoms with Gasteiger partial charge in [-0.3, -0.25) is 0 Å². The number of aryl methyl sites for hydroxylation is 4. The molecule has 552 valence electrons. The fourth-order valence-corrected chi connectivity index (χ4v) is 15.8. The summed E-state index contributed by atoms with van der Waals surface area (Å²) in [5.41, 5.74) is 4.51. The monoisotopic (exact) mass is 1500 g/mol. The molecule has 0 spiro atoms. The fraction of sp³-hybridized carbons (Fsp3) is 0.773. The summed E-state index contributed by atoms with van der Waals surface area (Å²) in [6.45, 7) is 9.12. The molecule has 4 aromatic rings. The molecule has 0 fully saturated rings. The van der Waals surface area contributed by atoms with Crippen LogP contribution >= 0.6 is 0 Å². The Morgan fingerprint density at radius 1 is 0.227 bits per heavy atom. The van der Waals surface area contributed by atoms with Gasteiger partial charge in [0.15, 0.2) is 0 Å². The summed E-state index contributed by atoms with van der Waals surface area (Å²) in [4.78, 5) is -0.148. The summed E-state index contributed by atoms with van der Waals surface area (Å²) >= 11 is 0. The van der Waals surface area contributed by atoms with Gasteiger partial charge in [-0.05, 0) is 119 Å². The van der Waals surface area contributed by atoms with Gasteiger partial charge in [0.1, 0.15) is 20.2 Å². The Labute approximate surface area is 642 Å². The Morgan fingerprint density at radius 2 is 0.402 bits per heavy atom. The van der Waals surface area contributed by atoms with Crippen molar-refractivity contribution >= 4 is 90.7 Å². The molecule has 0 aliphatic rings. The Bertz CT molecular complexity index is 2500. The van der Waals surface area contributed by atoms with Crippen molar-refractivity contribution in [3.05, 3.63) is 82.9 Å². The molecule has 0 heterocycles. The number of rotatable bonds is 66. The minimum absolute atomic E-state index is 0. The molecule has 0 saturated carbocycles. The summed E-state index contributed by atoms with van der Waals surface area (Å²) in [7, 11) is -8.97. The van der Waals surface area contributed by atoms with E-state index >= 15 is 0 Å². The van der Waals surface area contributed by atoms with E-state index in [-0.39, 0.29) is 58.7 Å². The van der Waals surface area contributed by atoms with Crippen LogP contribution in [0.25, 0.3) is 21.5 Å². The molecule has 4 aromatic carbocycles. The molecule has 9 heteroatoms. The van der Waals surface area contributed by atoms with Gasteiger partial charge in [-0.15, -0.1) is 0 Å². The maximum absolute atomic E-state index is 12.0. The fourth-order valence-electron chi connectivity index (χ4n) is 14.7. The molecule has 4 rings (SSSR count). The molecular formula is C88H150BaO6S2. The van der Waals surface area contributed by atoms with E-state index in [9.17, 15) is 25.9 Å². The van der Waals surface area contributed by atoms with Gasteiger partial charge >= 0.3 is 48.9 Å². The zero-order valence-electron chi connectivity index (χ0n) is 64.0. The van der Waals surface area contributed by atoms with Crippen molar-refractivity contribution < 1.29 is 25.9 Å². The van der Waals surface area contributed by atoms with Crippen LogP contribution in [0.1, 0.15) is 435 Å². The van der Waals surface area contributed by atoms with Crippen LogP contribution in [0.5, 0.6) is 0 Å². The molecule has 0 saturated heterocycles. The second kappa shape index (κ2) is 63.3. The molecule has 0 aromatic heterocycles. The first-order valence-corrected chi connectivity index (χ1v) is 44.8. The number of fused-ring (bicyclic) bond motifs is 2. The van der Waals surface area contributed by atoms with Crippen LogP contribution in [0.2, 0.25) is 0 Å². The summed E-state index contributed by atoms with van der Waals surface area (Å²) in [5, 5.41) is 4.02. The van der Waals surface area contributed by atoms with Gasteiger partial charge in [0.05, 0.1) is 9.79 Å². The Morgan fingerprint density at radius 3 is 0.588 bits per heavy atom. The van der Waals surface area contributed by atoms with Gasteiger partial charge in [-0.1, -0.05) is 424 Å². The maximum Gasteiger partial charge on any atom is 2.00 e. The van der Waals surface area contributed by atoms with Crippen molar-refractivity contribution in [2.75, 3.05) is 0 Å². The predicted molar refractivity (Wildman–Crippen MR) is 424 cm³/mol. The number of benzene rings is 4. The third-order valence-corrected chi connectivity index (χ3v) is 22.6. The van der Waals surface area contributed by atoms with E-state index in [0.717, 1.165) is 96.9 Å². The van der Waals surface area contributed by atoms with Gasteiger partial charge in [0, 0.05) is 0 Å². The van der Waals surface area contributed by atoms with Crippen LogP contribution in [-0.4, -0.2) is 74.8 Å². The quantitative estimate of drug-likeness (QED) is 0.0247. The summed E-state index contributed by atoms with van der Waals surface area (Å²) in [5.74, 6) is 0. The molecule has 6 nitrogen and oxygen atoms in total. The molecule has 0 radical (unpaired) electrons.